The minimum atomic E-state index is -6.00. The Balaban J connectivity index is 0.000000280. The van der Waals surface area contributed by atoms with Crippen LogP contribution in [-0.2, 0) is 23.1 Å². The van der Waals surface area contributed by atoms with Crippen molar-refractivity contribution in [2.45, 2.75) is 26.5 Å². The Bertz CT molecular complexity index is 405. The lowest BCUT2D eigenvalue weighted by atomic mass is 10.3. The average Bonchev–Trinajstić information content (AvgIpc) is 2.86. The molecule has 0 saturated carbocycles. The third kappa shape index (κ3) is 11.4. The van der Waals surface area contributed by atoms with Crippen molar-refractivity contribution >= 4 is 13.4 Å². The lowest BCUT2D eigenvalue weighted by molar-refractivity contribution is -0.693. The van der Waals surface area contributed by atoms with Crippen LogP contribution in [0.2, 0.25) is 0 Å². The second-order valence-corrected chi connectivity index (χ2v) is 3.89. The molecule has 1 unspecified atom stereocenters. The highest BCUT2D eigenvalue weighted by Crippen LogP contribution is 2.06. The van der Waals surface area contributed by atoms with Crippen LogP contribution in [0.15, 0.2) is 18.7 Å². The van der Waals surface area contributed by atoms with Gasteiger partial charge in [-0.15, -0.1) is 0 Å². The molecule has 0 amide bonds. The summed E-state index contributed by atoms with van der Waals surface area (Å²) in [5.41, 5.74) is 0. The summed E-state index contributed by atoms with van der Waals surface area (Å²) in [5.74, 6) is 0. The monoisotopic (exact) mass is 300 g/mol. The number of nitrogens with zero attached hydrogens (tertiary/aromatic N) is 2. The Labute approximate surface area is 114 Å². The maximum atomic E-state index is 10.0. The lowest BCUT2D eigenvalue weighted by Crippen LogP contribution is -2.28. The molecule has 0 bridgehead atoms. The number of carbonyl (C=O) groups is 1. The lowest BCUT2D eigenvalue weighted by Gasteiger charge is -1.94. The Morgan fingerprint density at radius 2 is 2.00 bits per heavy atom. The number of hydrogen-bond donors (Lipinski definition) is 0. The summed E-state index contributed by atoms with van der Waals surface area (Å²) < 4.78 is 52.1. The third-order valence-corrected chi connectivity index (χ3v) is 1.92. The van der Waals surface area contributed by atoms with Crippen molar-refractivity contribution in [3.8, 4) is 0 Å². The Morgan fingerprint density at radius 3 is 2.15 bits per heavy atom. The maximum Gasteiger partial charge on any atom is 0.673 e. The average molecular weight is 300 g/mol. The van der Waals surface area contributed by atoms with E-state index in [0.717, 1.165) is 6.54 Å². The molecule has 0 aliphatic carbocycles. The fraction of sp³-hybridized carbons (Fsp3) is 0.600. The van der Waals surface area contributed by atoms with Gasteiger partial charge < -0.3 is 26.7 Å². The first kappa shape index (κ1) is 18.3. The summed E-state index contributed by atoms with van der Waals surface area (Å²) >= 11 is 0. The SMILES string of the molecule is CC1COC(=O)O1.CC[n+]1ccn(C)c1.F[B-](F)(F)F. The van der Waals surface area contributed by atoms with Gasteiger partial charge >= 0.3 is 13.4 Å². The second kappa shape index (κ2) is 8.44. The Hall–Kier alpha value is -1.74. The van der Waals surface area contributed by atoms with Gasteiger partial charge in [0.05, 0.1) is 13.6 Å². The third-order valence-electron chi connectivity index (χ3n) is 1.92. The van der Waals surface area contributed by atoms with Gasteiger partial charge in [-0.2, -0.15) is 0 Å². The van der Waals surface area contributed by atoms with Crippen molar-refractivity contribution < 1.29 is 36.1 Å². The zero-order valence-electron chi connectivity index (χ0n) is 11.4. The molecule has 0 N–H and O–H groups in total. The molecule has 1 saturated heterocycles. The van der Waals surface area contributed by atoms with Gasteiger partial charge in [0.2, 0.25) is 6.33 Å². The summed E-state index contributed by atoms with van der Waals surface area (Å²) in [6, 6.07) is 0. The highest BCUT2D eigenvalue weighted by molar-refractivity contribution is 6.50. The van der Waals surface area contributed by atoms with Gasteiger partial charge in [0, 0.05) is 0 Å². The molecule has 20 heavy (non-hydrogen) atoms. The number of aromatic nitrogens is 2. The summed E-state index contributed by atoms with van der Waals surface area (Å²) in [6.45, 7) is 5.37. The Kier molecular flexibility index (Phi) is 7.71. The molecule has 1 aromatic heterocycles. The van der Waals surface area contributed by atoms with Gasteiger partial charge in [-0.25, -0.2) is 13.9 Å². The number of ether oxygens (including phenoxy) is 2. The minimum absolute atomic E-state index is 0.0486. The number of cyclic esters (lactones) is 2. The molecule has 0 radical (unpaired) electrons. The normalized spacial score (nSPS) is 17.1. The first-order valence-corrected chi connectivity index (χ1v) is 5.83. The van der Waals surface area contributed by atoms with Crippen molar-refractivity contribution in [1.29, 1.82) is 0 Å². The summed E-state index contributed by atoms with van der Waals surface area (Å²) in [7, 11) is -3.98. The van der Waals surface area contributed by atoms with Gasteiger partial charge in [0.15, 0.2) is 0 Å². The number of carbonyl (C=O) groups excluding carboxylic acids is 1. The largest absolute Gasteiger partial charge is 0.673 e. The maximum absolute atomic E-state index is 10.0. The van der Waals surface area contributed by atoms with Crippen LogP contribution < -0.4 is 4.57 Å². The highest BCUT2D eigenvalue weighted by Gasteiger charge is 2.20. The Morgan fingerprint density at radius 1 is 1.45 bits per heavy atom. The highest BCUT2D eigenvalue weighted by atomic mass is 19.5. The predicted octanol–water partition coefficient (Wildman–Crippen LogP) is 2.17. The van der Waals surface area contributed by atoms with Crippen LogP contribution in [0.25, 0.3) is 0 Å². The van der Waals surface area contributed by atoms with Crippen LogP contribution in [0.5, 0.6) is 0 Å². The summed E-state index contributed by atoms with van der Waals surface area (Å²) in [4.78, 5) is 10.0. The zero-order chi connectivity index (χ0) is 15.8. The molecule has 2 rings (SSSR count). The topological polar surface area (TPSA) is 44.3 Å². The van der Waals surface area contributed by atoms with E-state index in [9.17, 15) is 22.1 Å². The molecule has 0 aromatic carbocycles. The van der Waals surface area contributed by atoms with Gasteiger partial charge in [0.1, 0.15) is 25.1 Å². The fourth-order valence-electron chi connectivity index (χ4n) is 1.11. The smallest absolute Gasteiger partial charge is 0.430 e. The van der Waals surface area contributed by atoms with Crippen LogP contribution in [0.3, 0.4) is 0 Å². The molecule has 10 heteroatoms. The molecular formula is C10H17BF4N2O3. The van der Waals surface area contributed by atoms with Crippen LogP contribution in [0, 0.1) is 0 Å². The van der Waals surface area contributed by atoms with E-state index >= 15 is 0 Å². The van der Waals surface area contributed by atoms with E-state index in [1.165, 1.54) is 0 Å². The molecule has 2 heterocycles. The van der Waals surface area contributed by atoms with E-state index in [4.69, 9.17) is 0 Å². The van der Waals surface area contributed by atoms with Crippen molar-refractivity contribution in [3.05, 3.63) is 18.7 Å². The standard InChI is InChI=1S/C6H11N2.C4H6O3.BF4/c1-3-8-5-4-7(2)6-8;1-3-2-6-4(5)7-3;2-1(3,4)5/h4-6H,3H2,1-2H3;3H,2H2,1H3;/q+1;;-1. The molecule has 0 spiro atoms. The van der Waals surface area contributed by atoms with Gasteiger partial charge in [-0.05, 0) is 13.8 Å². The zero-order valence-corrected chi connectivity index (χ0v) is 11.4. The van der Waals surface area contributed by atoms with E-state index in [-0.39, 0.29) is 6.10 Å². The second-order valence-electron chi connectivity index (χ2n) is 3.89. The first-order valence-electron chi connectivity index (χ1n) is 5.83. The summed E-state index contributed by atoms with van der Waals surface area (Å²) in [6.07, 6.45) is 5.55. The summed E-state index contributed by atoms with van der Waals surface area (Å²) in [5, 5.41) is 0. The van der Waals surface area contributed by atoms with E-state index in [2.05, 4.69) is 33.5 Å². The van der Waals surface area contributed by atoms with Gasteiger partial charge in [-0.3, -0.25) is 0 Å². The van der Waals surface area contributed by atoms with E-state index in [0.29, 0.717) is 6.61 Å². The number of imidazole rings is 1. The number of hydrogen-bond acceptors (Lipinski definition) is 3. The molecule has 1 aromatic rings. The van der Waals surface area contributed by atoms with Crippen LogP contribution >= 0.6 is 0 Å². The predicted molar refractivity (Wildman–Crippen MR) is 63.4 cm³/mol. The van der Waals surface area contributed by atoms with Crippen molar-refractivity contribution in [2.24, 2.45) is 7.05 Å². The van der Waals surface area contributed by atoms with Gasteiger partial charge in [-0.1, -0.05) is 0 Å². The van der Waals surface area contributed by atoms with Crippen LogP contribution in [0.1, 0.15) is 13.8 Å². The quantitative estimate of drug-likeness (QED) is 0.345. The molecule has 1 fully saturated rings. The molecule has 5 nitrogen and oxygen atoms in total. The molecule has 1 aliphatic rings. The molecular weight excluding hydrogens is 283 g/mol. The number of aryl methyl sites for hydroxylation is 2. The molecule has 1 aliphatic heterocycles. The first-order chi connectivity index (χ1) is 9.11. The van der Waals surface area contributed by atoms with E-state index in [1.54, 1.807) is 6.92 Å². The van der Waals surface area contributed by atoms with Crippen molar-refractivity contribution in [1.82, 2.24) is 4.57 Å². The fourth-order valence-corrected chi connectivity index (χ4v) is 1.11. The van der Waals surface area contributed by atoms with Crippen LogP contribution in [-0.4, -0.2) is 30.7 Å². The number of halogens is 4. The molecule has 116 valence electrons. The van der Waals surface area contributed by atoms with E-state index in [1.807, 2.05) is 17.8 Å². The van der Waals surface area contributed by atoms with Gasteiger partial charge in [0.25, 0.3) is 0 Å². The minimum Gasteiger partial charge on any atom is -0.430 e. The molecule has 1 atom stereocenters. The van der Waals surface area contributed by atoms with Crippen molar-refractivity contribution in [2.75, 3.05) is 6.61 Å². The van der Waals surface area contributed by atoms with Crippen LogP contribution in [0.4, 0.5) is 22.1 Å². The van der Waals surface area contributed by atoms with E-state index < -0.39 is 13.4 Å². The van der Waals surface area contributed by atoms with Crippen molar-refractivity contribution in [3.63, 3.8) is 0 Å². The number of rotatable bonds is 1.